The second kappa shape index (κ2) is 8.23. The maximum atomic E-state index is 12.6. The fourth-order valence-corrected chi connectivity index (χ4v) is 3.69. The largest absolute Gasteiger partial charge is 0.495 e. The van der Waals surface area contributed by atoms with Crippen molar-refractivity contribution < 1.29 is 23.5 Å². The van der Waals surface area contributed by atoms with E-state index in [4.69, 9.17) is 30.3 Å². The lowest BCUT2D eigenvalue weighted by atomic mass is 10.1. The number of hydrogen-bond donors (Lipinski definition) is 0. The molecule has 1 aliphatic rings. The highest BCUT2D eigenvalue weighted by Crippen LogP contribution is 2.36. The van der Waals surface area contributed by atoms with Crippen molar-refractivity contribution in [1.82, 2.24) is 10.1 Å². The van der Waals surface area contributed by atoms with Gasteiger partial charge in [-0.2, -0.15) is 4.98 Å². The molecule has 1 amide bonds. The smallest absolute Gasteiger partial charge is 0.232 e. The molecule has 2 heterocycles. The zero-order valence-electron chi connectivity index (χ0n) is 16.7. The van der Waals surface area contributed by atoms with Crippen molar-refractivity contribution in [2.45, 2.75) is 12.3 Å². The molecule has 0 aliphatic carbocycles. The minimum atomic E-state index is -0.209. The van der Waals surface area contributed by atoms with Gasteiger partial charge >= 0.3 is 0 Å². The predicted molar refractivity (Wildman–Crippen MR) is 111 cm³/mol. The van der Waals surface area contributed by atoms with Crippen LogP contribution in [0.25, 0.3) is 11.4 Å². The molecule has 3 aromatic rings. The first-order chi connectivity index (χ1) is 14.5. The van der Waals surface area contributed by atoms with Gasteiger partial charge in [0, 0.05) is 24.2 Å². The zero-order chi connectivity index (χ0) is 21.3. The summed E-state index contributed by atoms with van der Waals surface area (Å²) in [7, 11) is 4.68. The van der Waals surface area contributed by atoms with Crippen molar-refractivity contribution in [3.8, 4) is 28.6 Å². The van der Waals surface area contributed by atoms with Crippen LogP contribution in [0.1, 0.15) is 18.2 Å². The summed E-state index contributed by atoms with van der Waals surface area (Å²) in [5.41, 5.74) is 1.43. The first-order valence-electron chi connectivity index (χ1n) is 9.24. The molecule has 9 heteroatoms. The van der Waals surface area contributed by atoms with E-state index in [2.05, 4.69) is 10.1 Å². The normalized spacial score (nSPS) is 16.1. The first kappa shape index (κ1) is 20.0. The van der Waals surface area contributed by atoms with E-state index in [9.17, 15) is 4.79 Å². The van der Waals surface area contributed by atoms with Crippen molar-refractivity contribution >= 4 is 23.2 Å². The molecule has 30 heavy (non-hydrogen) atoms. The Morgan fingerprint density at radius 1 is 1.03 bits per heavy atom. The molecule has 1 atom stereocenters. The molecule has 0 saturated carbocycles. The van der Waals surface area contributed by atoms with Crippen molar-refractivity contribution in [2.75, 3.05) is 32.8 Å². The summed E-state index contributed by atoms with van der Waals surface area (Å²) in [6.45, 7) is 0.426. The molecule has 0 radical (unpaired) electrons. The average molecular weight is 430 g/mol. The van der Waals surface area contributed by atoms with E-state index in [1.54, 1.807) is 56.6 Å². The molecule has 1 aliphatic heterocycles. The topological polar surface area (TPSA) is 86.9 Å². The number of nitrogens with zero attached hydrogens (tertiary/aromatic N) is 3. The van der Waals surface area contributed by atoms with Gasteiger partial charge in [0.15, 0.2) is 11.5 Å². The summed E-state index contributed by atoms with van der Waals surface area (Å²) in [5.74, 6) is 2.33. The number of rotatable bonds is 6. The highest BCUT2D eigenvalue weighted by atomic mass is 35.5. The van der Waals surface area contributed by atoms with Gasteiger partial charge in [0.05, 0.1) is 32.3 Å². The average Bonchev–Trinajstić information content (AvgIpc) is 3.40. The summed E-state index contributed by atoms with van der Waals surface area (Å²) in [4.78, 5) is 18.8. The van der Waals surface area contributed by atoms with Crippen LogP contribution in [-0.2, 0) is 4.79 Å². The van der Waals surface area contributed by atoms with Crippen LogP contribution in [0, 0.1) is 0 Å². The van der Waals surface area contributed by atoms with E-state index in [0.29, 0.717) is 46.2 Å². The lowest BCUT2D eigenvalue weighted by Gasteiger charge is -2.17. The maximum absolute atomic E-state index is 12.6. The van der Waals surface area contributed by atoms with E-state index in [-0.39, 0.29) is 18.2 Å². The SMILES string of the molecule is COc1ccc(N2C[C@H](c3nc(-c4ccc(OC)c(OC)c4)no3)CC2=O)cc1Cl. The minimum absolute atomic E-state index is 0.0351. The standard InChI is InChI=1S/C21H20ClN3O5/c1-27-16-7-5-14(10-15(16)22)25-11-13(9-19(25)26)21-23-20(24-30-21)12-4-6-17(28-2)18(8-12)29-3/h4-8,10,13H,9,11H2,1-3H3/t13-/m1/s1. The van der Waals surface area contributed by atoms with Crippen LogP contribution in [0.3, 0.4) is 0 Å². The number of carbonyl (C=O) groups excluding carboxylic acids is 1. The van der Waals surface area contributed by atoms with Crippen LogP contribution >= 0.6 is 11.6 Å². The van der Waals surface area contributed by atoms with Gasteiger partial charge < -0.3 is 23.6 Å². The van der Waals surface area contributed by atoms with Gasteiger partial charge in [-0.1, -0.05) is 16.8 Å². The molecular weight excluding hydrogens is 410 g/mol. The van der Waals surface area contributed by atoms with Gasteiger partial charge in [-0.3, -0.25) is 4.79 Å². The summed E-state index contributed by atoms with van der Waals surface area (Å²) in [6.07, 6.45) is 0.275. The Labute approximate surface area is 178 Å². The van der Waals surface area contributed by atoms with E-state index < -0.39 is 0 Å². The van der Waals surface area contributed by atoms with Crippen molar-refractivity contribution in [3.05, 3.63) is 47.3 Å². The predicted octanol–water partition coefficient (Wildman–Crippen LogP) is 3.94. The Bertz CT molecular complexity index is 1080. The summed E-state index contributed by atoms with van der Waals surface area (Å²) >= 11 is 6.20. The van der Waals surface area contributed by atoms with Crippen LogP contribution < -0.4 is 19.1 Å². The molecule has 156 valence electrons. The quantitative estimate of drug-likeness (QED) is 0.586. The number of ether oxygens (including phenoxy) is 3. The summed E-state index contributed by atoms with van der Waals surface area (Å²) < 4.78 is 21.2. The van der Waals surface area contributed by atoms with Crippen LogP contribution in [-0.4, -0.2) is 43.9 Å². The molecule has 0 N–H and O–H groups in total. The van der Waals surface area contributed by atoms with Gasteiger partial charge in [0.25, 0.3) is 0 Å². The molecule has 1 aromatic heterocycles. The number of carbonyl (C=O) groups is 1. The molecular formula is C21H20ClN3O5. The van der Waals surface area contributed by atoms with Crippen molar-refractivity contribution in [1.29, 1.82) is 0 Å². The molecule has 0 spiro atoms. The second-order valence-electron chi connectivity index (χ2n) is 6.75. The molecule has 1 fully saturated rings. The first-order valence-corrected chi connectivity index (χ1v) is 9.61. The van der Waals surface area contributed by atoms with E-state index in [1.807, 2.05) is 6.07 Å². The van der Waals surface area contributed by atoms with E-state index >= 15 is 0 Å². The van der Waals surface area contributed by atoms with Crippen LogP contribution in [0.15, 0.2) is 40.9 Å². The lowest BCUT2D eigenvalue weighted by molar-refractivity contribution is -0.117. The third kappa shape index (κ3) is 3.66. The molecule has 0 unspecified atom stereocenters. The third-order valence-corrected chi connectivity index (χ3v) is 5.30. The molecule has 4 rings (SSSR count). The second-order valence-corrected chi connectivity index (χ2v) is 7.16. The number of aromatic nitrogens is 2. The van der Waals surface area contributed by atoms with E-state index in [0.717, 1.165) is 5.56 Å². The Morgan fingerprint density at radius 2 is 1.77 bits per heavy atom. The van der Waals surface area contributed by atoms with Gasteiger partial charge in [-0.25, -0.2) is 0 Å². The highest BCUT2D eigenvalue weighted by Gasteiger charge is 2.35. The highest BCUT2D eigenvalue weighted by molar-refractivity contribution is 6.32. The summed E-state index contributed by atoms with van der Waals surface area (Å²) in [5, 5.41) is 4.52. The number of methoxy groups -OCH3 is 3. The number of anilines is 1. The summed E-state index contributed by atoms with van der Waals surface area (Å²) in [6, 6.07) is 10.6. The molecule has 2 aromatic carbocycles. The maximum Gasteiger partial charge on any atom is 0.232 e. The minimum Gasteiger partial charge on any atom is -0.495 e. The van der Waals surface area contributed by atoms with E-state index in [1.165, 1.54) is 0 Å². The monoisotopic (exact) mass is 429 g/mol. The lowest BCUT2D eigenvalue weighted by Crippen LogP contribution is -2.24. The third-order valence-electron chi connectivity index (χ3n) is 5.00. The van der Waals surface area contributed by atoms with Crippen molar-refractivity contribution in [2.24, 2.45) is 0 Å². The zero-order valence-corrected chi connectivity index (χ0v) is 17.5. The molecule has 1 saturated heterocycles. The van der Waals surface area contributed by atoms with Gasteiger partial charge in [-0.05, 0) is 36.4 Å². The Morgan fingerprint density at radius 3 is 2.47 bits per heavy atom. The van der Waals surface area contributed by atoms with Gasteiger partial charge in [0.1, 0.15) is 5.75 Å². The van der Waals surface area contributed by atoms with Crippen LogP contribution in [0.2, 0.25) is 5.02 Å². The number of halogens is 1. The Kier molecular flexibility index (Phi) is 5.50. The molecule has 0 bridgehead atoms. The number of hydrogen-bond acceptors (Lipinski definition) is 7. The number of amides is 1. The van der Waals surface area contributed by atoms with Gasteiger partial charge in [-0.15, -0.1) is 0 Å². The number of benzene rings is 2. The Hall–Kier alpha value is -3.26. The van der Waals surface area contributed by atoms with Crippen molar-refractivity contribution in [3.63, 3.8) is 0 Å². The fraction of sp³-hybridized carbons (Fsp3) is 0.286. The Balaban J connectivity index is 1.55. The fourth-order valence-electron chi connectivity index (χ4n) is 3.44. The van der Waals surface area contributed by atoms with Gasteiger partial charge in [0.2, 0.25) is 17.6 Å². The van der Waals surface area contributed by atoms with Crippen LogP contribution in [0.5, 0.6) is 17.2 Å². The van der Waals surface area contributed by atoms with Crippen LogP contribution in [0.4, 0.5) is 5.69 Å². The molecule has 8 nitrogen and oxygen atoms in total.